The molecule has 1 aromatic heterocycles. The van der Waals surface area contributed by atoms with Crippen LogP contribution in [0.25, 0.3) is 10.2 Å². The second kappa shape index (κ2) is 9.24. The van der Waals surface area contributed by atoms with Crippen LogP contribution in [0.1, 0.15) is 16.7 Å². The van der Waals surface area contributed by atoms with E-state index in [9.17, 15) is 4.79 Å². The van der Waals surface area contributed by atoms with Gasteiger partial charge in [-0.3, -0.25) is 4.79 Å². The predicted molar refractivity (Wildman–Crippen MR) is 115 cm³/mol. The maximum atomic E-state index is 12.7. The summed E-state index contributed by atoms with van der Waals surface area (Å²) < 4.78 is 19.1. The van der Waals surface area contributed by atoms with Crippen molar-refractivity contribution in [2.45, 2.75) is 26.8 Å². The van der Waals surface area contributed by atoms with Crippen LogP contribution in [0.15, 0.2) is 35.3 Å². The highest BCUT2D eigenvalue weighted by Gasteiger charge is 2.14. The third kappa shape index (κ3) is 4.68. The first-order valence-electron chi connectivity index (χ1n) is 9.34. The van der Waals surface area contributed by atoms with Gasteiger partial charge in [0.25, 0.3) is 5.91 Å². The summed E-state index contributed by atoms with van der Waals surface area (Å²) in [4.78, 5) is 17.8. The Balaban J connectivity index is 2.04. The van der Waals surface area contributed by atoms with Crippen molar-refractivity contribution in [3.05, 3.63) is 51.8 Å². The van der Waals surface area contributed by atoms with Crippen LogP contribution in [-0.4, -0.2) is 38.4 Å². The molecule has 0 spiro atoms. The van der Waals surface area contributed by atoms with Crippen LogP contribution < -0.4 is 14.3 Å². The average Bonchev–Trinajstić information content (AvgIpc) is 3.02. The van der Waals surface area contributed by atoms with Crippen molar-refractivity contribution in [1.82, 2.24) is 4.57 Å². The predicted octanol–water partition coefficient (Wildman–Crippen LogP) is 3.65. The first-order chi connectivity index (χ1) is 14.0. The summed E-state index contributed by atoms with van der Waals surface area (Å²) in [6, 6.07) is 9.92. The number of rotatable bonds is 7. The Morgan fingerprint density at radius 3 is 2.45 bits per heavy atom. The number of carbonyl (C=O) groups is 1. The molecule has 0 radical (unpaired) electrons. The van der Waals surface area contributed by atoms with E-state index in [2.05, 4.69) is 11.1 Å². The molecule has 3 rings (SSSR count). The molecular weight excluding hydrogens is 388 g/mol. The average molecular weight is 415 g/mol. The fourth-order valence-corrected chi connectivity index (χ4v) is 4.32. The van der Waals surface area contributed by atoms with E-state index in [0.717, 1.165) is 21.3 Å². The maximum absolute atomic E-state index is 12.7. The van der Waals surface area contributed by atoms with Crippen LogP contribution in [0.2, 0.25) is 0 Å². The van der Waals surface area contributed by atoms with Gasteiger partial charge in [0.05, 0.1) is 37.5 Å². The van der Waals surface area contributed by atoms with Gasteiger partial charge in [-0.05, 0) is 25.0 Å². The lowest BCUT2D eigenvalue weighted by molar-refractivity contribution is -0.117. The Kier molecular flexibility index (Phi) is 6.71. The zero-order valence-electron chi connectivity index (χ0n) is 17.4. The molecule has 1 amide bonds. The standard InChI is InChI=1S/C22H26N2O4S/c1-14-6-7-16(15(2)10-14)11-21(25)23-22-24(8-9-26-3)17-12-18(27-4)19(28-5)13-20(17)29-22/h6-7,10,12-13H,8-9,11H2,1-5H3. The monoisotopic (exact) mass is 414 g/mol. The van der Waals surface area contributed by atoms with E-state index in [1.54, 1.807) is 21.3 Å². The molecule has 2 aromatic carbocycles. The molecule has 0 saturated heterocycles. The lowest BCUT2D eigenvalue weighted by Gasteiger charge is -2.09. The number of fused-ring (bicyclic) bond motifs is 1. The van der Waals surface area contributed by atoms with E-state index in [4.69, 9.17) is 14.2 Å². The summed E-state index contributed by atoms with van der Waals surface area (Å²) in [5, 5.41) is 0. The fourth-order valence-electron chi connectivity index (χ4n) is 3.23. The van der Waals surface area contributed by atoms with E-state index >= 15 is 0 Å². The van der Waals surface area contributed by atoms with Crippen molar-refractivity contribution in [3.63, 3.8) is 0 Å². The molecule has 3 aromatic rings. The normalized spacial score (nSPS) is 11.8. The molecule has 154 valence electrons. The Labute approximate surface area is 174 Å². The number of carbonyl (C=O) groups excluding carboxylic acids is 1. The molecule has 29 heavy (non-hydrogen) atoms. The molecule has 0 aliphatic rings. The van der Waals surface area contributed by atoms with Crippen molar-refractivity contribution < 1.29 is 19.0 Å². The van der Waals surface area contributed by atoms with Crippen LogP contribution in [0.5, 0.6) is 11.5 Å². The minimum absolute atomic E-state index is 0.173. The van der Waals surface area contributed by atoms with Gasteiger partial charge in [0.2, 0.25) is 0 Å². The molecule has 0 atom stereocenters. The van der Waals surface area contributed by atoms with Gasteiger partial charge >= 0.3 is 0 Å². The quantitative estimate of drug-likeness (QED) is 0.592. The first kappa shape index (κ1) is 21.1. The molecule has 6 nitrogen and oxygen atoms in total. The Morgan fingerprint density at radius 2 is 1.79 bits per heavy atom. The second-order valence-electron chi connectivity index (χ2n) is 6.82. The van der Waals surface area contributed by atoms with Crippen LogP contribution in [0.3, 0.4) is 0 Å². The molecule has 0 fully saturated rings. The van der Waals surface area contributed by atoms with Crippen molar-refractivity contribution in [2.24, 2.45) is 4.99 Å². The van der Waals surface area contributed by atoms with Crippen LogP contribution in [0.4, 0.5) is 0 Å². The SMILES string of the molecule is COCCn1c(=NC(=O)Cc2ccc(C)cc2C)sc2cc(OC)c(OC)cc21. The summed E-state index contributed by atoms with van der Waals surface area (Å²) >= 11 is 1.45. The topological polar surface area (TPSA) is 62.1 Å². The van der Waals surface area contributed by atoms with E-state index in [0.29, 0.717) is 29.5 Å². The van der Waals surface area contributed by atoms with Crippen molar-refractivity contribution in [1.29, 1.82) is 0 Å². The van der Waals surface area contributed by atoms with Crippen molar-refractivity contribution in [3.8, 4) is 11.5 Å². The van der Waals surface area contributed by atoms with Crippen LogP contribution in [0, 0.1) is 13.8 Å². The summed E-state index contributed by atoms with van der Waals surface area (Å²) in [7, 11) is 4.87. The Bertz CT molecular complexity index is 1100. The van der Waals surface area contributed by atoms with Gasteiger partial charge in [-0.1, -0.05) is 35.1 Å². The highest BCUT2D eigenvalue weighted by Crippen LogP contribution is 2.33. The minimum atomic E-state index is -0.173. The number of hydrogen-bond donors (Lipinski definition) is 0. The molecule has 7 heteroatoms. The molecule has 0 aliphatic carbocycles. The fraction of sp³-hybridized carbons (Fsp3) is 0.364. The number of benzene rings is 2. The summed E-state index contributed by atoms with van der Waals surface area (Å²) in [6.45, 7) is 5.16. The largest absolute Gasteiger partial charge is 0.493 e. The molecule has 0 bridgehead atoms. The highest BCUT2D eigenvalue weighted by molar-refractivity contribution is 7.16. The van der Waals surface area contributed by atoms with E-state index < -0.39 is 0 Å². The van der Waals surface area contributed by atoms with Crippen molar-refractivity contribution >= 4 is 27.5 Å². The molecule has 0 unspecified atom stereocenters. The summed E-state index contributed by atoms with van der Waals surface area (Å²) in [5.74, 6) is 1.11. The lowest BCUT2D eigenvalue weighted by atomic mass is 10.0. The van der Waals surface area contributed by atoms with Crippen LogP contribution >= 0.6 is 11.3 Å². The van der Waals surface area contributed by atoms with Gasteiger partial charge in [-0.15, -0.1) is 0 Å². The molecule has 0 N–H and O–H groups in total. The first-order valence-corrected chi connectivity index (χ1v) is 10.2. The molecule has 1 heterocycles. The summed E-state index contributed by atoms with van der Waals surface area (Å²) in [6.07, 6.45) is 0.275. The van der Waals surface area contributed by atoms with Gasteiger partial charge < -0.3 is 18.8 Å². The van der Waals surface area contributed by atoms with Gasteiger partial charge in [-0.2, -0.15) is 4.99 Å². The minimum Gasteiger partial charge on any atom is -0.493 e. The second-order valence-corrected chi connectivity index (χ2v) is 7.83. The van der Waals surface area contributed by atoms with Crippen molar-refractivity contribution in [2.75, 3.05) is 27.9 Å². The number of thiazole rings is 1. The Hall–Kier alpha value is -2.64. The zero-order chi connectivity index (χ0) is 21.0. The third-order valence-corrected chi connectivity index (χ3v) is 5.81. The number of methoxy groups -OCH3 is 3. The van der Waals surface area contributed by atoms with Gasteiger partial charge in [0.1, 0.15) is 0 Å². The molecule has 0 saturated carbocycles. The van der Waals surface area contributed by atoms with E-state index in [-0.39, 0.29) is 12.3 Å². The van der Waals surface area contributed by atoms with Crippen LogP contribution in [-0.2, 0) is 22.5 Å². The maximum Gasteiger partial charge on any atom is 0.252 e. The zero-order valence-corrected chi connectivity index (χ0v) is 18.3. The summed E-state index contributed by atoms with van der Waals surface area (Å²) in [5.41, 5.74) is 4.21. The highest BCUT2D eigenvalue weighted by atomic mass is 32.1. The Morgan fingerprint density at radius 1 is 1.07 bits per heavy atom. The smallest absolute Gasteiger partial charge is 0.252 e. The third-order valence-electron chi connectivity index (χ3n) is 4.77. The number of ether oxygens (including phenoxy) is 3. The van der Waals surface area contributed by atoms with Gasteiger partial charge in [-0.25, -0.2) is 0 Å². The number of aromatic nitrogens is 1. The van der Waals surface area contributed by atoms with E-state index in [1.807, 2.05) is 42.7 Å². The number of hydrogen-bond acceptors (Lipinski definition) is 5. The lowest BCUT2D eigenvalue weighted by Crippen LogP contribution is -2.20. The van der Waals surface area contributed by atoms with Gasteiger partial charge in [0.15, 0.2) is 16.3 Å². The molecule has 0 aliphatic heterocycles. The number of nitrogens with zero attached hydrogens (tertiary/aromatic N) is 2. The number of aryl methyl sites for hydroxylation is 2. The van der Waals surface area contributed by atoms with E-state index in [1.165, 1.54) is 16.9 Å². The number of amides is 1. The molecular formula is C22H26N2O4S. The van der Waals surface area contributed by atoms with Gasteiger partial charge in [0, 0.05) is 25.8 Å².